The molecule has 0 aliphatic rings. The van der Waals surface area contributed by atoms with Gasteiger partial charge in [0, 0.05) is 10.0 Å². The van der Waals surface area contributed by atoms with E-state index in [1.54, 1.807) is 18.2 Å². The predicted octanol–water partition coefficient (Wildman–Crippen LogP) is 3.60. The maximum atomic E-state index is 12.2. The van der Waals surface area contributed by atoms with Crippen molar-refractivity contribution in [2.24, 2.45) is 0 Å². The van der Waals surface area contributed by atoms with Crippen LogP contribution in [0.1, 0.15) is 41.3 Å². The van der Waals surface area contributed by atoms with E-state index >= 15 is 0 Å². The fourth-order valence-electron chi connectivity index (χ4n) is 2.31. The molecule has 8 heteroatoms. The topological polar surface area (TPSA) is 79.5 Å². The maximum Gasteiger partial charge on any atom is 0.276 e. The monoisotopic (exact) mass is 463 g/mol. The van der Waals surface area contributed by atoms with E-state index in [1.807, 2.05) is 31.2 Å². The summed E-state index contributed by atoms with van der Waals surface area (Å²) in [6.07, 6.45) is 0. The van der Waals surface area contributed by atoms with Gasteiger partial charge in [-0.25, -0.2) is 0 Å². The molecular weight excluding hydrogens is 442 g/mol. The number of halogens is 1. The van der Waals surface area contributed by atoms with Gasteiger partial charge >= 0.3 is 0 Å². The van der Waals surface area contributed by atoms with E-state index in [1.165, 1.54) is 0 Å². The number of carbonyl (C=O) groups is 2. The number of hydrogen-bond donors (Lipinski definition) is 3. The van der Waals surface area contributed by atoms with Gasteiger partial charge in [0.15, 0.2) is 11.7 Å². The molecule has 0 spiro atoms. The fraction of sp³-hybridized carbons (Fsp3) is 0.250. The zero-order valence-corrected chi connectivity index (χ0v) is 18.2. The Hall–Kier alpha value is -2.45. The number of ether oxygens (including phenoxy) is 1. The van der Waals surface area contributed by atoms with Crippen LogP contribution in [0.5, 0.6) is 5.75 Å². The van der Waals surface area contributed by atoms with E-state index in [9.17, 15) is 9.59 Å². The number of hydrazine groups is 1. The van der Waals surface area contributed by atoms with Crippen LogP contribution in [0.2, 0.25) is 0 Å². The van der Waals surface area contributed by atoms with Gasteiger partial charge in [-0.1, -0.05) is 41.9 Å². The molecular formula is C20H22BrN3O3S. The van der Waals surface area contributed by atoms with Crippen molar-refractivity contribution in [1.82, 2.24) is 16.2 Å². The minimum atomic E-state index is -0.430. The Bertz CT molecular complexity index is 869. The van der Waals surface area contributed by atoms with Crippen molar-refractivity contribution in [2.45, 2.75) is 26.7 Å². The summed E-state index contributed by atoms with van der Waals surface area (Å²) in [6.45, 7) is 5.86. The minimum Gasteiger partial charge on any atom is -0.483 e. The average Bonchev–Trinajstić information content (AvgIpc) is 2.65. The second-order valence-electron chi connectivity index (χ2n) is 6.43. The third-order valence-electron chi connectivity index (χ3n) is 3.88. The Balaban J connectivity index is 1.76. The van der Waals surface area contributed by atoms with Gasteiger partial charge in [0.05, 0.1) is 0 Å². The molecule has 0 aliphatic carbocycles. The summed E-state index contributed by atoms with van der Waals surface area (Å²) in [5.41, 5.74) is 7.40. The lowest BCUT2D eigenvalue weighted by Crippen LogP contribution is -2.49. The van der Waals surface area contributed by atoms with Crippen LogP contribution in [0.3, 0.4) is 0 Å². The normalized spacial score (nSPS) is 10.3. The Kier molecular flexibility index (Phi) is 7.95. The third-order valence-corrected chi connectivity index (χ3v) is 4.58. The number of nitrogens with one attached hydrogen (secondary N) is 3. The first-order chi connectivity index (χ1) is 13.3. The molecule has 0 atom stereocenters. The molecule has 2 amide bonds. The molecule has 3 N–H and O–H groups in total. The standard InChI is InChI=1S/C20H22BrN3O3S/c1-12(2)14-4-6-15(7-5-14)19(26)22-20(28)24-23-18(25)11-27-17-9-8-16(21)10-13(17)3/h4-10,12H,11H2,1-3H3,(H,23,25)(H2,22,24,26,28). The molecule has 0 heterocycles. The summed E-state index contributed by atoms with van der Waals surface area (Å²) in [6, 6.07) is 12.8. The zero-order valence-electron chi connectivity index (χ0n) is 15.8. The van der Waals surface area contributed by atoms with Crippen LogP contribution in [-0.2, 0) is 4.79 Å². The van der Waals surface area contributed by atoms with Gasteiger partial charge in [0.2, 0.25) is 0 Å². The summed E-state index contributed by atoms with van der Waals surface area (Å²) < 4.78 is 6.40. The molecule has 0 fully saturated rings. The summed E-state index contributed by atoms with van der Waals surface area (Å²) in [7, 11) is 0. The summed E-state index contributed by atoms with van der Waals surface area (Å²) in [4.78, 5) is 24.1. The molecule has 0 saturated heterocycles. The molecule has 0 aliphatic heterocycles. The number of aryl methyl sites for hydroxylation is 1. The summed E-state index contributed by atoms with van der Waals surface area (Å²) >= 11 is 8.39. The Morgan fingerprint density at radius 1 is 1.11 bits per heavy atom. The molecule has 0 saturated carbocycles. The minimum absolute atomic E-state index is 0.00823. The van der Waals surface area contributed by atoms with Crippen LogP contribution < -0.4 is 20.9 Å². The second-order valence-corrected chi connectivity index (χ2v) is 7.76. The molecule has 0 radical (unpaired) electrons. The summed E-state index contributed by atoms with van der Waals surface area (Å²) in [5.74, 6) is 0.210. The maximum absolute atomic E-state index is 12.2. The summed E-state index contributed by atoms with van der Waals surface area (Å²) in [5, 5.41) is 2.50. The highest BCUT2D eigenvalue weighted by molar-refractivity contribution is 9.10. The molecule has 0 aromatic heterocycles. The van der Waals surface area contributed by atoms with E-state index in [-0.39, 0.29) is 17.6 Å². The largest absolute Gasteiger partial charge is 0.483 e. The number of benzene rings is 2. The molecule has 0 unspecified atom stereocenters. The lowest BCUT2D eigenvalue weighted by atomic mass is 10.0. The Labute approximate surface area is 178 Å². The van der Waals surface area contributed by atoms with Crippen molar-refractivity contribution in [1.29, 1.82) is 0 Å². The van der Waals surface area contributed by atoms with E-state index in [2.05, 4.69) is 45.9 Å². The van der Waals surface area contributed by atoms with Gasteiger partial charge in [0.25, 0.3) is 11.8 Å². The highest BCUT2D eigenvalue weighted by atomic mass is 79.9. The third kappa shape index (κ3) is 6.61. The molecule has 2 aromatic rings. The molecule has 28 heavy (non-hydrogen) atoms. The van der Waals surface area contributed by atoms with E-state index in [0.29, 0.717) is 17.2 Å². The lowest BCUT2D eigenvalue weighted by Gasteiger charge is -2.12. The number of hydrogen-bond acceptors (Lipinski definition) is 4. The van der Waals surface area contributed by atoms with Gasteiger partial charge in [-0.05, 0) is 66.5 Å². The van der Waals surface area contributed by atoms with Gasteiger partial charge in [-0.15, -0.1) is 0 Å². The Morgan fingerprint density at radius 3 is 2.39 bits per heavy atom. The molecule has 6 nitrogen and oxygen atoms in total. The van der Waals surface area contributed by atoms with Crippen LogP contribution >= 0.6 is 28.1 Å². The first-order valence-electron chi connectivity index (χ1n) is 8.65. The van der Waals surface area contributed by atoms with Gasteiger partial charge < -0.3 is 4.74 Å². The highest BCUT2D eigenvalue weighted by Crippen LogP contribution is 2.21. The van der Waals surface area contributed by atoms with Gasteiger partial charge in [-0.3, -0.25) is 25.8 Å². The number of rotatable bonds is 5. The van der Waals surface area contributed by atoms with Crippen molar-refractivity contribution in [2.75, 3.05) is 6.61 Å². The molecule has 0 bridgehead atoms. The fourth-order valence-corrected chi connectivity index (χ4v) is 2.93. The van der Waals surface area contributed by atoms with Gasteiger partial charge in [0.1, 0.15) is 5.75 Å². The molecule has 2 rings (SSSR count). The molecule has 2 aromatic carbocycles. The first-order valence-corrected chi connectivity index (χ1v) is 9.85. The van der Waals surface area contributed by atoms with E-state index < -0.39 is 5.91 Å². The highest BCUT2D eigenvalue weighted by Gasteiger charge is 2.10. The number of carbonyl (C=O) groups excluding carboxylic acids is 2. The van der Waals surface area contributed by atoms with Gasteiger partial charge in [-0.2, -0.15) is 0 Å². The van der Waals surface area contributed by atoms with Crippen LogP contribution in [0.15, 0.2) is 46.9 Å². The lowest BCUT2D eigenvalue weighted by molar-refractivity contribution is -0.123. The van der Waals surface area contributed by atoms with Crippen LogP contribution in [-0.4, -0.2) is 23.5 Å². The first kappa shape index (κ1) is 21.8. The smallest absolute Gasteiger partial charge is 0.276 e. The zero-order chi connectivity index (χ0) is 20.7. The van der Waals surface area contributed by atoms with Crippen LogP contribution in [0.25, 0.3) is 0 Å². The van der Waals surface area contributed by atoms with Crippen LogP contribution in [0, 0.1) is 6.92 Å². The average molecular weight is 464 g/mol. The SMILES string of the molecule is Cc1cc(Br)ccc1OCC(=O)NNC(=S)NC(=O)c1ccc(C(C)C)cc1. The number of thiocarbonyl (C=S) groups is 1. The van der Waals surface area contributed by atoms with Crippen LogP contribution in [0.4, 0.5) is 0 Å². The second kappa shape index (κ2) is 10.2. The van der Waals surface area contributed by atoms with E-state index in [0.717, 1.165) is 15.6 Å². The van der Waals surface area contributed by atoms with E-state index in [4.69, 9.17) is 17.0 Å². The molecule has 148 valence electrons. The van der Waals surface area contributed by atoms with Crippen molar-refractivity contribution < 1.29 is 14.3 Å². The predicted molar refractivity (Wildman–Crippen MR) is 116 cm³/mol. The van der Waals surface area contributed by atoms with Crippen molar-refractivity contribution >= 4 is 45.1 Å². The van der Waals surface area contributed by atoms with Crippen molar-refractivity contribution in [3.05, 3.63) is 63.6 Å². The quantitative estimate of drug-likeness (QED) is 0.466. The Morgan fingerprint density at radius 2 is 1.79 bits per heavy atom. The van der Waals surface area contributed by atoms with Crippen molar-refractivity contribution in [3.63, 3.8) is 0 Å². The van der Waals surface area contributed by atoms with Crippen molar-refractivity contribution in [3.8, 4) is 5.75 Å². The number of amides is 2.